The third-order valence-electron chi connectivity index (χ3n) is 4.38. The molecule has 0 spiro atoms. The van der Waals surface area contributed by atoms with Gasteiger partial charge in [-0.15, -0.1) is 0 Å². The van der Waals surface area contributed by atoms with Crippen molar-refractivity contribution in [2.75, 3.05) is 5.32 Å². The maximum absolute atomic E-state index is 13.4. The second-order valence-corrected chi connectivity index (χ2v) is 6.50. The first-order valence-electron chi connectivity index (χ1n) is 8.27. The Hall–Kier alpha value is -3.05. The lowest BCUT2D eigenvalue weighted by Crippen LogP contribution is -2.17. The lowest BCUT2D eigenvalue weighted by Gasteiger charge is -2.07. The summed E-state index contributed by atoms with van der Waals surface area (Å²) in [5.41, 5.74) is -2.09. The summed E-state index contributed by atoms with van der Waals surface area (Å²) >= 11 is 0. The molecule has 148 valence electrons. The number of hydrogen-bond donors (Lipinski definition) is 2. The van der Waals surface area contributed by atoms with Gasteiger partial charge in [0.25, 0.3) is 12.3 Å². The van der Waals surface area contributed by atoms with E-state index in [4.69, 9.17) is 0 Å². The number of hydrogen-bond acceptors (Lipinski definition) is 4. The average Bonchev–Trinajstić information content (AvgIpc) is 3.26. The van der Waals surface area contributed by atoms with E-state index in [9.17, 15) is 26.7 Å². The van der Waals surface area contributed by atoms with Crippen molar-refractivity contribution in [3.05, 3.63) is 40.6 Å². The molecule has 2 N–H and O–H groups in total. The van der Waals surface area contributed by atoms with E-state index in [1.165, 1.54) is 13.0 Å². The molecule has 0 aromatic carbocycles. The first-order valence-corrected chi connectivity index (χ1v) is 8.27. The van der Waals surface area contributed by atoms with Crippen LogP contribution in [-0.2, 0) is 6.18 Å². The number of alkyl halides is 5. The quantitative estimate of drug-likeness (QED) is 0.652. The first-order chi connectivity index (χ1) is 13.1. The Labute approximate surface area is 153 Å². The molecular weight excluding hydrogens is 387 g/mol. The van der Waals surface area contributed by atoms with Crippen LogP contribution in [0.5, 0.6) is 0 Å². The number of nitrogens with zero attached hydrogens (tertiary/aromatic N) is 4. The summed E-state index contributed by atoms with van der Waals surface area (Å²) in [6.45, 7) is 1.31. The van der Waals surface area contributed by atoms with Gasteiger partial charge >= 0.3 is 6.18 Å². The van der Waals surface area contributed by atoms with E-state index in [1.807, 2.05) is 0 Å². The molecule has 3 aromatic rings. The van der Waals surface area contributed by atoms with Crippen LogP contribution in [0, 0.1) is 6.92 Å². The molecule has 0 aliphatic heterocycles. The summed E-state index contributed by atoms with van der Waals surface area (Å²) in [7, 11) is 0. The van der Waals surface area contributed by atoms with E-state index in [-0.39, 0.29) is 23.0 Å². The lowest BCUT2D eigenvalue weighted by molar-refractivity contribution is -0.140. The Morgan fingerprint density at radius 2 is 2.04 bits per heavy atom. The summed E-state index contributed by atoms with van der Waals surface area (Å²) in [5, 5.41) is 11.2. The smallest absolute Gasteiger partial charge is 0.317 e. The molecule has 1 fully saturated rings. The standard InChI is InChI=1S/C16H13F5N6O/c1-6-12(13(25-24-6)16(19,20)21)23-15(28)9-5-11-22-8(7-2-3-7)4-10(14(17)18)27(11)26-9/h4-5,7,14H,2-3H2,1H3,(H,23,28)(H,24,25). The fourth-order valence-electron chi connectivity index (χ4n) is 2.84. The van der Waals surface area contributed by atoms with E-state index in [1.54, 1.807) is 0 Å². The number of carbonyl (C=O) groups is 1. The summed E-state index contributed by atoms with van der Waals surface area (Å²) in [5.74, 6) is -0.897. The van der Waals surface area contributed by atoms with Gasteiger partial charge in [0.2, 0.25) is 0 Å². The van der Waals surface area contributed by atoms with Crippen LogP contribution >= 0.6 is 0 Å². The van der Waals surface area contributed by atoms with Gasteiger partial charge in [-0.1, -0.05) is 0 Å². The van der Waals surface area contributed by atoms with E-state index < -0.39 is 35.6 Å². The molecule has 7 nitrogen and oxygen atoms in total. The first kappa shape index (κ1) is 18.3. The van der Waals surface area contributed by atoms with Crippen molar-refractivity contribution >= 4 is 17.2 Å². The van der Waals surface area contributed by atoms with Crippen LogP contribution in [0.25, 0.3) is 5.65 Å². The van der Waals surface area contributed by atoms with Crippen LogP contribution in [0.1, 0.15) is 58.4 Å². The van der Waals surface area contributed by atoms with E-state index >= 15 is 0 Å². The maximum Gasteiger partial charge on any atom is 0.437 e. The molecule has 1 amide bonds. The van der Waals surface area contributed by atoms with Crippen molar-refractivity contribution in [2.45, 2.75) is 38.3 Å². The SMILES string of the molecule is Cc1[nH]nc(C(F)(F)F)c1NC(=O)c1cc2nc(C3CC3)cc(C(F)F)n2n1. The Bertz CT molecular complexity index is 1070. The molecule has 3 aromatic heterocycles. The zero-order chi connectivity index (χ0) is 20.2. The van der Waals surface area contributed by atoms with Crippen LogP contribution in [0.4, 0.5) is 27.6 Å². The highest BCUT2D eigenvalue weighted by Crippen LogP contribution is 2.40. The van der Waals surface area contributed by atoms with E-state index in [0.717, 1.165) is 23.4 Å². The molecule has 0 radical (unpaired) electrons. The molecule has 3 heterocycles. The van der Waals surface area contributed by atoms with Crippen LogP contribution < -0.4 is 5.32 Å². The minimum atomic E-state index is -4.78. The number of aromatic nitrogens is 5. The second kappa shape index (κ2) is 6.24. The molecule has 0 unspecified atom stereocenters. The van der Waals surface area contributed by atoms with E-state index in [2.05, 4.69) is 25.6 Å². The number of fused-ring (bicyclic) bond motifs is 1. The summed E-state index contributed by atoms with van der Waals surface area (Å²) in [6.07, 6.45) is -5.96. The van der Waals surface area contributed by atoms with Gasteiger partial charge in [-0.05, 0) is 25.8 Å². The van der Waals surface area contributed by atoms with Crippen molar-refractivity contribution in [3.8, 4) is 0 Å². The van der Waals surface area contributed by atoms with Gasteiger partial charge in [0, 0.05) is 17.7 Å². The maximum atomic E-state index is 13.4. The predicted molar refractivity (Wildman–Crippen MR) is 86.2 cm³/mol. The highest BCUT2D eigenvalue weighted by Gasteiger charge is 2.38. The molecule has 0 saturated heterocycles. The normalized spacial score (nSPS) is 14.8. The van der Waals surface area contributed by atoms with Gasteiger partial charge in [-0.3, -0.25) is 9.89 Å². The monoisotopic (exact) mass is 400 g/mol. The van der Waals surface area contributed by atoms with Crippen LogP contribution in [0.3, 0.4) is 0 Å². The second-order valence-electron chi connectivity index (χ2n) is 6.50. The van der Waals surface area contributed by atoms with Crippen molar-refractivity contribution in [1.82, 2.24) is 24.8 Å². The minimum Gasteiger partial charge on any atom is -0.317 e. The van der Waals surface area contributed by atoms with Gasteiger partial charge in [-0.25, -0.2) is 18.3 Å². The number of carbonyl (C=O) groups excluding carboxylic acids is 1. The van der Waals surface area contributed by atoms with Gasteiger partial charge in [0.05, 0.1) is 11.4 Å². The number of halogens is 5. The van der Waals surface area contributed by atoms with Crippen LogP contribution in [0.15, 0.2) is 12.1 Å². The predicted octanol–water partition coefficient (Wildman–Crippen LogP) is 3.85. The molecule has 0 bridgehead atoms. The van der Waals surface area contributed by atoms with Crippen LogP contribution in [-0.4, -0.2) is 30.7 Å². The average molecular weight is 400 g/mol. The van der Waals surface area contributed by atoms with Gasteiger partial charge < -0.3 is 5.32 Å². The van der Waals surface area contributed by atoms with Crippen molar-refractivity contribution < 1.29 is 26.7 Å². The molecule has 1 aliphatic carbocycles. The largest absolute Gasteiger partial charge is 0.437 e. The van der Waals surface area contributed by atoms with Crippen molar-refractivity contribution in [2.24, 2.45) is 0 Å². The van der Waals surface area contributed by atoms with Crippen molar-refractivity contribution in [3.63, 3.8) is 0 Å². The molecule has 1 saturated carbocycles. The molecule has 28 heavy (non-hydrogen) atoms. The van der Waals surface area contributed by atoms with Crippen molar-refractivity contribution in [1.29, 1.82) is 0 Å². The minimum absolute atomic E-state index is 0.00754. The van der Waals surface area contributed by atoms with Gasteiger partial charge in [0.1, 0.15) is 5.69 Å². The molecular formula is C16H13F5N6O. The zero-order valence-electron chi connectivity index (χ0n) is 14.3. The zero-order valence-corrected chi connectivity index (χ0v) is 14.3. The number of nitrogens with one attached hydrogen (secondary N) is 2. The topological polar surface area (TPSA) is 88.0 Å². The molecule has 0 atom stereocenters. The summed E-state index contributed by atoms with van der Waals surface area (Å²) in [4.78, 5) is 16.7. The lowest BCUT2D eigenvalue weighted by atomic mass is 10.2. The summed E-state index contributed by atoms with van der Waals surface area (Å²) < 4.78 is 66.6. The highest BCUT2D eigenvalue weighted by atomic mass is 19.4. The number of rotatable bonds is 4. The fourth-order valence-corrected chi connectivity index (χ4v) is 2.84. The van der Waals surface area contributed by atoms with Gasteiger partial charge in [-0.2, -0.15) is 23.4 Å². The third-order valence-corrected chi connectivity index (χ3v) is 4.38. The third kappa shape index (κ3) is 3.18. The van der Waals surface area contributed by atoms with Gasteiger partial charge in [0.15, 0.2) is 17.0 Å². The number of amides is 1. The number of H-pyrrole nitrogens is 1. The fraction of sp³-hybridized carbons (Fsp3) is 0.375. The molecule has 1 aliphatic rings. The number of aromatic amines is 1. The Balaban J connectivity index is 1.71. The summed E-state index contributed by atoms with van der Waals surface area (Å²) in [6, 6.07) is 2.40. The molecule has 4 rings (SSSR count). The van der Waals surface area contributed by atoms with Crippen LogP contribution in [0.2, 0.25) is 0 Å². The molecule has 12 heteroatoms. The number of aryl methyl sites for hydroxylation is 1. The Morgan fingerprint density at radius 1 is 1.32 bits per heavy atom. The Kier molecular flexibility index (Phi) is 4.08. The Morgan fingerprint density at radius 3 is 2.64 bits per heavy atom. The van der Waals surface area contributed by atoms with E-state index in [0.29, 0.717) is 5.69 Å². The highest BCUT2D eigenvalue weighted by molar-refractivity contribution is 6.04. The number of anilines is 1.